The number of halogens is 1. The van der Waals surface area contributed by atoms with Gasteiger partial charge in [-0.1, -0.05) is 22.9 Å². The standard InChI is InChI=1S/C21H21BrN2O4/c1-3-9-28-20-12-18(22)14(11-19(20)27-4-2)10-15(13-23)21(26)24-16-5-7-17(25)8-6-16/h5-8,10-12,25H,3-4,9H2,1-2H3,(H,24,26)/b15-10+. The lowest BCUT2D eigenvalue weighted by atomic mass is 10.1. The van der Waals surface area contributed by atoms with Crippen LogP contribution in [0.15, 0.2) is 46.4 Å². The lowest BCUT2D eigenvalue weighted by Crippen LogP contribution is -2.13. The minimum atomic E-state index is -0.552. The molecule has 0 heterocycles. The highest BCUT2D eigenvalue weighted by molar-refractivity contribution is 9.10. The number of phenolic OH excluding ortho intramolecular Hbond substituents is 1. The molecular weight excluding hydrogens is 424 g/mol. The van der Waals surface area contributed by atoms with Gasteiger partial charge < -0.3 is 19.9 Å². The number of rotatable bonds is 8. The molecule has 28 heavy (non-hydrogen) atoms. The van der Waals surface area contributed by atoms with Gasteiger partial charge in [0.05, 0.1) is 13.2 Å². The van der Waals surface area contributed by atoms with Crippen LogP contribution in [-0.4, -0.2) is 24.2 Å². The number of anilines is 1. The predicted molar refractivity (Wildman–Crippen MR) is 111 cm³/mol. The van der Waals surface area contributed by atoms with Gasteiger partial charge in [0.1, 0.15) is 17.4 Å². The van der Waals surface area contributed by atoms with Crippen LogP contribution in [0.1, 0.15) is 25.8 Å². The van der Waals surface area contributed by atoms with E-state index in [0.29, 0.717) is 40.4 Å². The van der Waals surface area contributed by atoms with Gasteiger partial charge >= 0.3 is 0 Å². The van der Waals surface area contributed by atoms with Crippen LogP contribution in [0.3, 0.4) is 0 Å². The fraction of sp³-hybridized carbons (Fsp3) is 0.238. The summed E-state index contributed by atoms with van der Waals surface area (Å²) in [7, 11) is 0. The minimum absolute atomic E-state index is 0.0709. The molecule has 0 saturated carbocycles. The third kappa shape index (κ3) is 5.76. The van der Waals surface area contributed by atoms with Crippen molar-refractivity contribution in [1.29, 1.82) is 5.26 Å². The molecule has 0 atom stereocenters. The smallest absolute Gasteiger partial charge is 0.266 e. The van der Waals surface area contributed by atoms with Crippen molar-refractivity contribution in [2.75, 3.05) is 18.5 Å². The molecule has 6 nitrogen and oxygen atoms in total. The molecule has 0 unspecified atom stereocenters. The molecule has 2 N–H and O–H groups in total. The number of nitriles is 1. The Morgan fingerprint density at radius 3 is 2.50 bits per heavy atom. The first kappa shape index (κ1) is 21.3. The zero-order chi connectivity index (χ0) is 20.5. The summed E-state index contributed by atoms with van der Waals surface area (Å²) in [5.74, 6) is 0.678. The van der Waals surface area contributed by atoms with E-state index < -0.39 is 5.91 Å². The Morgan fingerprint density at radius 2 is 1.89 bits per heavy atom. The van der Waals surface area contributed by atoms with Crippen molar-refractivity contribution < 1.29 is 19.4 Å². The molecule has 7 heteroatoms. The van der Waals surface area contributed by atoms with E-state index in [2.05, 4.69) is 21.2 Å². The number of nitrogens with zero attached hydrogens (tertiary/aromatic N) is 1. The molecule has 146 valence electrons. The van der Waals surface area contributed by atoms with Crippen LogP contribution in [0.4, 0.5) is 5.69 Å². The second-order valence-corrected chi connectivity index (χ2v) is 6.63. The molecule has 0 spiro atoms. The number of benzene rings is 2. The van der Waals surface area contributed by atoms with E-state index in [0.717, 1.165) is 6.42 Å². The second-order valence-electron chi connectivity index (χ2n) is 5.77. The number of phenols is 1. The van der Waals surface area contributed by atoms with Gasteiger partial charge in [-0.3, -0.25) is 4.79 Å². The number of carbonyl (C=O) groups is 1. The molecule has 2 aromatic rings. The zero-order valence-electron chi connectivity index (χ0n) is 15.7. The summed E-state index contributed by atoms with van der Waals surface area (Å²) in [5.41, 5.74) is 1.02. The fourth-order valence-corrected chi connectivity index (χ4v) is 2.74. The van der Waals surface area contributed by atoms with Crippen LogP contribution in [0.2, 0.25) is 0 Å². The largest absolute Gasteiger partial charge is 0.508 e. The van der Waals surface area contributed by atoms with E-state index in [1.165, 1.54) is 18.2 Å². The molecule has 0 radical (unpaired) electrons. The van der Waals surface area contributed by atoms with Gasteiger partial charge in [0.2, 0.25) is 0 Å². The first-order chi connectivity index (χ1) is 13.5. The third-order valence-electron chi connectivity index (χ3n) is 3.61. The monoisotopic (exact) mass is 444 g/mol. The molecule has 2 aromatic carbocycles. The molecule has 0 saturated heterocycles. The molecular formula is C21H21BrN2O4. The van der Waals surface area contributed by atoms with Gasteiger partial charge in [-0.15, -0.1) is 0 Å². The van der Waals surface area contributed by atoms with Gasteiger partial charge in [-0.05, 0) is 61.4 Å². The Bertz CT molecular complexity index is 902. The van der Waals surface area contributed by atoms with E-state index in [1.807, 2.05) is 19.9 Å². The van der Waals surface area contributed by atoms with Crippen LogP contribution < -0.4 is 14.8 Å². The van der Waals surface area contributed by atoms with Crippen LogP contribution in [0, 0.1) is 11.3 Å². The molecule has 0 fully saturated rings. The average molecular weight is 445 g/mol. The second kappa shape index (κ2) is 10.4. The fourth-order valence-electron chi connectivity index (χ4n) is 2.30. The highest BCUT2D eigenvalue weighted by Gasteiger charge is 2.14. The molecule has 0 aromatic heterocycles. The maximum absolute atomic E-state index is 12.4. The van der Waals surface area contributed by atoms with Gasteiger partial charge in [-0.2, -0.15) is 5.26 Å². The minimum Gasteiger partial charge on any atom is -0.508 e. The number of hydrogen-bond acceptors (Lipinski definition) is 5. The number of amides is 1. The van der Waals surface area contributed by atoms with Crippen LogP contribution in [0.25, 0.3) is 6.08 Å². The number of ether oxygens (including phenoxy) is 2. The van der Waals surface area contributed by atoms with Crippen LogP contribution in [-0.2, 0) is 4.79 Å². The normalized spacial score (nSPS) is 10.9. The Hall–Kier alpha value is -2.98. The maximum Gasteiger partial charge on any atom is 0.266 e. The summed E-state index contributed by atoms with van der Waals surface area (Å²) >= 11 is 3.46. The summed E-state index contributed by atoms with van der Waals surface area (Å²) in [6, 6.07) is 11.4. The van der Waals surface area contributed by atoms with E-state index in [1.54, 1.807) is 24.3 Å². The topological polar surface area (TPSA) is 91.6 Å². The Kier molecular flexibility index (Phi) is 7.90. The van der Waals surface area contributed by atoms with Gasteiger partial charge in [-0.25, -0.2) is 0 Å². The van der Waals surface area contributed by atoms with E-state index in [9.17, 15) is 15.2 Å². The van der Waals surface area contributed by atoms with Crippen molar-refractivity contribution in [2.45, 2.75) is 20.3 Å². The maximum atomic E-state index is 12.4. The Labute approximate surface area is 172 Å². The average Bonchev–Trinajstić information content (AvgIpc) is 2.68. The van der Waals surface area contributed by atoms with Crippen molar-refractivity contribution in [1.82, 2.24) is 0 Å². The van der Waals surface area contributed by atoms with E-state index in [-0.39, 0.29) is 11.3 Å². The van der Waals surface area contributed by atoms with Crippen molar-refractivity contribution in [2.24, 2.45) is 0 Å². The van der Waals surface area contributed by atoms with Crippen molar-refractivity contribution in [3.05, 3.63) is 52.0 Å². The summed E-state index contributed by atoms with van der Waals surface area (Å²) in [4.78, 5) is 12.4. The number of nitrogens with one attached hydrogen (secondary N) is 1. The van der Waals surface area contributed by atoms with Crippen molar-refractivity contribution >= 4 is 33.6 Å². The molecule has 0 bridgehead atoms. The van der Waals surface area contributed by atoms with Crippen LogP contribution in [0.5, 0.6) is 17.2 Å². The number of carbonyl (C=O) groups excluding carboxylic acids is 1. The number of hydrogen-bond donors (Lipinski definition) is 2. The summed E-state index contributed by atoms with van der Waals surface area (Å²) < 4.78 is 12.0. The lowest BCUT2D eigenvalue weighted by Gasteiger charge is -2.13. The zero-order valence-corrected chi connectivity index (χ0v) is 17.2. The first-order valence-corrected chi connectivity index (χ1v) is 9.59. The Balaban J connectivity index is 2.31. The molecule has 0 aliphatic rings. The molecule has 0 aliphatic heterocycles. The predicted octanol–water partition coefficient (Wildman–Crippen LogP) is 4.89. The molecule has 0 aliphatic carbocycles. The van der Waals surface area contributed by atoms with E-state index >= 15 is 0 Å². The van der Waals surface area contributed by atoms with Gasteiger partial charge in [0.15, 0.2) is 11.5 Å². The molecule has 1 amide bonds. The van der Waals surface area contributed by atoms with Gasteiger partial charge in [0, 0.05) is 10.2 Å². The summed E-state index contributed by atoms with van der Waals surface area (Å²) in [5, 5.41) is 21.4. The summed E-state index contributed by atoms with van der Waals surface area (Å²) in [6.07, 6.45) is 2.34. The third-order valence-corrected chi connectivity index (χ3v) is 4.30. The van der Waals surface area contributed by atoms with Gasteiger partial charge in [0.25, 0.3) is 5.91 Å². The van der Waals surface area contributed by atoms with Crippen LogP contribution >= 0.6 is 15.9 Å². The SMILES string of the molecule is CCCOc1cc(Br)c(/C=C(\C#N)C(=O)Nc2ccc(O)cc2)cc1OCC. The Morgan fingerprint density at radius 1 is 1.21 bits per heavy atom. The number of aromatic hydroxyl groups is 1. The van der Waals surface area contributed by atoms with Crippen molar-refractivity contribution in [3.8, 4) is 23.3 Å². The quantitative estimate of drug-likeness (QED) is 0.343. The highest BCUT2D eigenvalue weighted by atomic mass is 79.9. The molecule has 2 rings (SSSR count). The first-order valence-electron chi connectivity index (χ1n) is 8.79. The summed E-state index contributed by atoms with van der Waals surface area (Å²) in [6.45, 7) is 4.89. The van der Waals surface area contributed by atoms with E-state index in [4.69, 9.17) is 9.47 Å². The lowest BCUT2D eigenvalue weighted by molar-refractivity contribution is -0.112. The highest BCUT2D eigenvalue weighted by Crippen LogP contribution is 2.35. The van der Waals surface area contributed by atoms with Crippen molar-refractivity contribution in [3.63, 3.8) is 0 Å².